The summed E-state index contributed by atoms with van der Waals surface area (Å²) in [5.74, 6) is 0.305. The highest BCUT2D eigenvalue weighted by molar-refractivity contribution is 6.31. The Kier molecular flexibility index (Phi) is 3.46. The van der Waals surface area contributed by atoms with Gasteiger partial charge in [-0.3, -0.25) is 0 Å². The van der Waals surface area contributed by atoms with Gasteiger partial charge in [0.2, 0.25) is 0 Å². The molecule has 21 heavy (non-hydrogen) atoms. The van der Waals surface area contributed by atoms with Crippen LogP contribution in [0.5, 0.6) is 0 Å². The Bertz CT molecular complexity index is 664. The van der Waals surface area contributed by atoms with Crippen molar-refractivity contribution in [3.8, 4) is 11.1 Å². The number of hydrogen-bond acceptors (Lipinski definition) is 1. The predicted octanol–water partition coefficient (Wildman–Crippen LogP) is 4.84. The molecule has 0 spiro atoms. The summed E-state index contributed by atoms with van der Waals surface area (Å²) >= 11 is 6.25. The van der Waals surface area contributed by atoms with E-state index in [-0.39, 0.29) is 6.04 Å². The molecule has 1 aliphatic carbocycles. The summed E-state index contributed by atoms with van der Waals surface area (Å²) in [6.07, 6.45) is -3.39. The molecule has 0 unspecified atom stereocenters. The van der Waals surface area contributed by atoms with Crippen LogP contribution in [0, 0.1) is 0 Å². The zero-order valence-corrected chi connectivity index (χ0v) is 11.7. The number of nitrogens with two attached hydrogens (primary N) is 1. The maximum absolute atomic E-state index is 12.5. The second-order valence-corrected chi connectivity index (χ2v) is 5.72. The summed E-state index contributed by atoms with van der Waals surface area (Å²) < 4.78 is 37.6. The van der Waals surface area contributed by atoms with Crippen molar-refractivity contribution in [2.24, 2.45) is 5.73 Å². The monoisotopic (exact) mass is 311 g/mol. The highest BCUT2D eigenvalue weighted by Gasteiger charge is 2.36. The molecule has 1 nitrogen and oxygen atoms in total. The van der Waals surface area contributed by atoms with E-state index in [4.69, 9.17) is 17.3 Å². The van der Waals surface area contributed by atoms with E-state index in [1.165, 1.54) is 12.1 Å². The molecule has 2 aromatic carbocycles. The third-order valence-electron chi connectivity index (χ3n) is 3.79. The van der Waals surface area contributed by atoms with Crippen molar-refractivity contribution in [2.75, 3.05) is 0 Å². The fraction of sp³-hybridized carbons (Fsp3) is 0.250. The van der Waals surface area contributed by atoms with Gasteiger partial charge in [0.15, 0.2) is 0 Å². The average Bonchev–Trinajstić information content (AvgIpc) is 3.14. The van der Waals surface area contributed by atoms with E-state index in [2.05, 4.69) is 0 Å². The molecule has 2 aromatic rings. The van der Waals surface area contributed by atoms with Crippen molar-refractivity contribution in [3.05, 3.63) is 58.6 Å². The molecule has 0 aromatic heterocycles. The van der Waals surface area contributed by atoms with E-state index >= 15 is 0 Å². The number of halogens is 4. The first kappa shape index (κ1) is 14.4. The second-order valence-electron chi connectivity index (χ2n) is 5.32. The van der Waals surface area contributed by atoms with Gasteiger partial charge >= 0.3 is 6.18 Å². The van der Waals surface area contributed by atoms with E-state index < -0.39 is 11.7 Å². The van der Waals surface area contributed by atoms with E-state index in [9.17, 15) is 13.2 Å². The van der Waals surface area contributed by atoms with E-state index in [1.54, 1.807) is 6.07 Å². The molecule has 1 fully saturated rings. The molecule has 0 heterocycles. The molecule has 0 radical (unpaired) electrons. The lowest BCUT2D eigenvalue weighted by Gasteiger charge is -2.09. The van der Waals surface area contributed by atoms with E-state index in [0.29, 0.717) is 16.5 Å². The van der Waals surface area contributed by atoms with Gasteiger partial charge in [0, 0.05) is 17.0 Å². The lowest BCUT2D eigenvalue weighted by atomic mass is 10.0. The summed E-state index contributed by atoms with van der Waals surface area (Å²) in [5, 5.41) is 0.616. The van der Waals surface area contributed by atoms with Crippen molar-refractivity contribution >= 4 is 11.6 Å². The highest BCUT2D eigenvalue weighted by atomic mass is 35.5. The Labute approximate surface area is 125 Å². The first-order chi connectivity index (χ1) is 9.86. The van der Waals surface area contributed by atoms with Gasteiger partial charge in [-0.2, -0.15) is 13.2 Å². The van der Waals surface area contributed by atoms with Crippen LogP contribution in [0.2, 0.25) is 5.02 Å². The van der Waals surface area contributed by atoms with Crippen molar-refractivity contribution in [1.82, 2.24) is 0 Å². The van der Waals surface area contributed by atoms with Gasteiger partial charge in [0.25, 0.3) is 0 Å². The molecule has 0 bridgehead atoms. The number of rotatable bonds is 2. The minimum Gasteiger partial charge on any atom is -0.327 e. The number of benzene rings is 2. The minimum atomic E-state index is -4.32. The summed E-state index contributed by atoms with van der Waals surface area (Å²) in [5.41, 5.74) is 7.67. The smallest absolute Gasteiger partial charge is 0.327 e. The molecule has 1 saturated carbocycles. The van der Waals surface area contributed by atoms with Gasteiger partial charge in [0.05, 0.1) is 5.56 Å². The second kappa shape index (κ2) is 5.04. The van der Waals surface area contributed by atoms with Gasteiger partial charge in [-0.05, 0) is 41.3 Å². The summed E-state index contributed by atoms with van der Waals surface area (Å²) in [7, 11) is 0. The van der Waals surface area contributed by atoms with Crippen LogP contribution in [-0.2, 0) is 6.18 Å². The van der Waals surface area contributed by atoms with Crippen LogP contribution in [0.25, 0.3) is 11.1 Å². The zero-order chi connectivity index (χ0) is 15.2. The molecular weight excluding hydrogens is 299 g/mol. The van der Waals surface area contributed by atoms with Crippen LogP contribution in [0.4, 0.5) is 13.2 Å². The normalized spacial score (nSPS) is 21.4. The van der Waals surface area contributed by atoms with Gasteiger partial charge in [-0.15, -0.1) is 0 Å². The first-order valence-electron chi connectivity index (χ1n) is 6.59. The average molecular weight is 312 g/mol. The minimum absolute atomic E-state index is 0.166. The molecule has 3 rings (SSSR count). The third kappa shape index (κ3) is 2.92. The van der Waals surface area contributed by atoms with Crippen LogP contribution < -0.4 is 5.73 Å². The third-order valence-corrected chi connectivity index (χ3v) is 4.11. The molecule has 0 amide bonds. The maximum atomic E-state index is 12.5. The first-order valence-corrected chi connectivity index (χ1v) is 6.97. The van der Waals surface area contributed by atoms with Crippen LogP contribution in [0.3, 0.4) is 0 Å². The van der Waals surface area contributed by atoms with Crippen molar-refractivity contribution in [1.29, 1.82) is 0 Å². The molecule has 2 N–H and O–H groups in total. The molecule has 1 aliphatic rings. The maximum Gasteiger partial charge on any atom is 0.416 e. The van der Waals surface area contributed by atoms with Crippen molar-refractivity contribution in [3.63, 3.8) is 0 Å². The Balaban J connectivity index is 1.89. The van der Waals surface area contributed by atoms with Crippen LogP contribution >= 0.6 is 11.6 Å². The standard InChI is InChI=1S/C16H13ClF3N/c17-14-7-10(3-6-12(14)13-8-15(13)21)9-1-4-11(5-2-9)16(18,19)20/h1-7,13,15H,8,21H2/t13-,15+/m1/s1. The topological polar surface area (TPSA) is 26.0 Å². The fourth-order valence-electron chi connectivity index (χ4n) is 2.43. The zero-order valence-electron chi connectivity index (χ0n) is 11.0. The Morgan fingerprint density at radius 2 is 1.57 bits per heavy atom. The summed E-state index contributed by atoms with van der Waals surface area (Å²) in [4.78, 5) is 0. The molecule has 0 saturated heterocycles. The summed E-state index contributed by atoms with van der Waals surface area (Å²) in [6, 6.07) is 10.8. The molecule has 110 valence electrons. The van der Waals surface area contributed by atoms with Gasteiger partial charge in [-0.1, -0.05) is 35.9 Å². The highest BCUT2D eigenvalue weighted by Crippen LogP contribution is 2.43. The lowest BCUT2D eigenvalue weighted by molar-refractivity contribution is -0.137. The number of hydrogen-bond donors (Lipinski definition) is 1. The van der Waals surface area contributed by atoms with E-state index in [1.807, 2.05) is 12.1 Å². The predicted molar refractivity (Wildman–Crippen MR) is 77.2 cm³/mol. The molecular formula is C16H13ClF3N. The van der Waals surface area contributed by atoms with Crippen molar-refractivity contribution in [2.45, 2.75) is 24.6 Å². The van der Waals surface area contributed by atoms with Crippen LogP contribution in [0.1, 0.15) is 23.5 Å². The van der Waals surface area contributed by atoms with Gasteiger partial charge in [0.1, 0.15) is 0 Å². The quantitative estimate of drug-likeness (QED) is 0.843. The molecule has 5 heteroatoms. The Morgan fingerprint density at radius 1 is 1.00 bits per heavy atom. The Morgan fingerprint density at radius 3 is 2.05 bits per heavy atom. The SMILES string of the molecule is N[C@H]1C[C@@H]1c1ccc(-c2ccc(C(F)(F)F)cc2)cc1Cl. The van der Waals surface area contributed by atoms with Gasteiger partial charge in [-0.25, -0.2) is 0 Å². The fourth-order valence-corrected chi connectivity index (χ4v) is 2.75. The molecule has 0 aliphatic heterocycles. The number of alkyl halides is 3. The van der Waals surface area contributed by atoms with E-state index in [0.717, 1.165) is 29.7 Å². The Hall–Kier alpha value is -1.52. The van der Waals surface area contributed by atoms with Crippen LogP contribution in [0.15, 0.2) is 42.5 Å². The summed E-state index contributed by atoms with van der Waals surface area (Å²) in [6.45, 7) is 0. The van der Waals surface area contributed by atoms with Crippen LogP contribution in [-0.4, -0.2) is 6.04 Å². The van der Waals surface area contributed by atoms with Crippen molar-refractivity contribution < 1.29 is 13.2 Å². The lowest BCUT2D eigenvalue weighted by Crippen LogP contribution is -2.04. The molecule has 2 atom stereocenters. The largest absolute Gasteiger partial charge is 0.416 e. The van der Waals surface area contributed by atoms with Gasteiger partial charge < -0.3 is 5.73 Å².